The molecule has 2 aromatic heterocycles. The van der Waals surface area contributed by atoms with Crippen molar-refractivity contribution >= 4 is 42.0 Å². The van der Waals surface area contributed by atoms with E-state index in [-0.39, 0.29) is 0 Å². The van der Waals surface area contributed by atoms with Gasteiger partial charge in [-0.2, -0.15) is 22.7 Å². The molecule has 0 unspecified atom stereocenters. The monoisotopic (exact) mass is 306 g/mol. The van der Waals surface area contributed by atoms with E-state index in [2.05, 4.69) is 60.5 Å². The Balaban J connectivity index is 2.51. The fourth-order valence-corrected chi connectivity index (χ4v) is 8.07. The Morgan fingerprint density at radius 3 is 2.11 bits per heavy atom. The lowest BCUT2D eigenvalue weighted by atomic mass is 10.2. The first kappa shape index (κ1) is 14.8. The second-order valence-corrected chi connectivity index (χ2v) is 11.7. The summed E-state index contributed by atoms with van der Waals surface area (Å²) in [5.74, 6) is 0. The summed E-state index contributed by atoms with van der Waals surface area (Å²) >= 11 is 3.60. The highest BCUT2D eigenvalue weighted by atomic mass is 32.1. The highest BCUT2D eigenvalue weighted by molar-refractivity contribution is 7.09. The van der Waals surface area contributed by atoms with E-state index in [4.69, 9.17) is 0 Å². The fourth-order valence-electron chi connectivity index (χ4n) is 2.81. The largest absolute Gasteiger partial charge is 0.152 e. The number of hydrogen-bond donors (Lipinski definition) is 0. The molecule has 0 aliphatic carbocycles. The van der Waals surface area contributed by atoms with Gasteiger partial charge in [-0.3, -0.25) is 0 Å². The lowest BCUT2D eigenvalue weighted by molar-refractivity contribution is 1.20. The third-order valence-electron chi connectivity index (χ3n) is 4.29. The zero-order valence-corrected chi connectivity index (χ0v) is 14.6. The molecule has 0 saturated carbocycles. The van der Waals surface area contributed by atoms with Crippen LogP contribution in [0.5, 0.6) is 0 Å². The summed E-state index contributed by atoms with van der Waals surface area (Å²) in [6, 6.07) is 8.55. The lowest BCUT2D eigenvalue weighted by Crippen LogP contribution is -2.33. The van der Waals surface area contributed by atoms with Crippen LogP contribution in [0.4, 0.5) is 0 Å². The van der Waals surface area contributed by atoms with Crippen molar-refractivity contribution in [2.75, 3.05) is 0 Å². The Hall–Kier alpha value is -0.643. The first-order valence-corrected chi connectivity index (χ1v) is 11.5. The Morgan fingerprint density at radius 2 is 1.63 bits per heavy atom. The van der Waals surface area contributed by atoms with Crippen molar-refractivity contribution in [1.82, 2.24) is 0 Å². The molecule has 0 fully saturated rings. The number of hydrogen-bond acceptors (Lipinski definition) is 2. The molecular weight excluding hydrogens is 284 g/mol. The van der Waals surface area contributed by atoms with Crippen LogP contribution in [-0.2, 0) is 0 Å². The molecule has 0 amide bonds. The Bertz CT molecular complexity index is 497. The minimum absolute atomic E-state index is 1.34. The number of rotatable bonds is 6. The normalized spacial score (nSPS) is 12.9. The quantitative estimate of drug-likeness (QED) is 0.542. The summed E-state index contributed by atoms with van der Waals surface area (Å²) in [5, 5.41) is 10.6. The van der Waals surface area contributed by atoms with Crippen LogP contribution in [0.1, 0.15) is 31.9 Å². The first-order valence-electron chi connectivity index (χ1n) is 7.02. The van der Waals surface area contributed by atoms with Crippen LogP contribution >= 0.6 is 22.7 Å². The van der Waals surface area contributed by atoms with Gasteiger partial charge in [-0.25, -0.2) is 0 Å². The fraction of sp³-hybridized carbons (Fsp3) is 0.375. The van der Waals surface area contributed by atoms with Crippen LogP contribution in [0.15, 0.2) is 33.7 Å². The van der Waals surface area contributed by atoms with Crippen LogP contribution in [0.3, 0.4) is 0 Å². The molecule has 3 heteroatoms. The molecule has 0 bridgehead atoms. The van der Waals surface area contributed by atoms with E-state index in [1.165, 1.54) is 29.3 Å². The van der Waals surface area contributed by atoms with E-state index in [1.807, 2.05) is 11.3 Å². The SMILES string of the molecule is CC[Si](CC)(CC)/C(=C/c1ccsc1)c1ccsc1. The minimum Gasteiger partial charge on any atom is -0.152 e. The highest BCUT2D eigenvalue weighted by Gasteiger charge is 2.32. The predicted octanol–water partition coefficient (Wildman–Crippen LogP) is 6.40. The highest BCUT2D eigenvalue weighted by Crippen LogP contribution is 2.37. The van der Waals surface area contributed by atoms with E-state index < -0.39 is 8.07 Å². The summed E-state index contributed by atoms with van der Waals surface area (Å²) in [4.78, 5) is 0. The van der Waals surface area contributed by atoms with Crippen LogP contribution in [0.2, 0.25) is 18.1 Å². The van der Waals surface area contributed by atoms with Gasteiger partial charge in [-0.15, -0.1) is 0 Å². The van der Waals surface area contributed by atoms with Crippen LogP contribution in [0.25, 0.3) is 11.3 Å². The second-order valence-electron chi connectivity index (χ2n) is 4.97. The summed E-state index contributed by atoms with van der Waals surface area (Å²) < 4.78 is 0. The molecule has 2 aromatic rings. The van der Waals surface area contributed by atoms with Gasteiger partial charge < -0.3 is 0 Å². The summed E-state index contributed by atoms with van der Waals surface area (Å²) in [5.41, 5.74) is 2.84. The van der Waals surface area contributed by atoms with Gasteiger partial charge >= 0.3 is 0 Å². The third kappa shape index (κ3) is 3.10. The second kappa shape index (κ2) is 6.68. The van der Waals surface area contributed by atoms with Crippen LogP contribution in [0, 0.1) is 0 Å². The molecule has 0 radical (unpaired) electrons. The molecule has 19 heavy (non-hydrogen) atoms. The van der Waals surface area contributed by atoms with Crippen molar-refractivity contribution in [1.29, 1.82) is 0 Å². The maximum absolute atomic E-state index is 2.46. The van der Waals surface area contributed by atoms with Gasteiger partial charge in [0, 0.05) is 0 Å². The molecule has 0 aromatic carbocycles. The summed E-state index contributed by atoms with van der Waals surface area (Å²) in [6.07, 6.45) is 2.46. The van der Waals surface area contributed by atoms with Gasteiger partial charge in [0.25, 0.3) is 0 Å². The topological polar surface area (TPSA) is 0 Å². The molecule has 0 spiro atoms. The zero-order valence-electron chi connectivity index (χ0n) is 12.0. The van der Waals surface area contributed by atoms with Crippen molar-refractivity contribution in [3.8, 4) is 0 Å². The maximum atomic E-state index is 2.46. The van der Waals surface area contributed by atoms with E-state index in [0.29, 0.717) is 0 Å². The molecule has 0 saturated heterocycles. The average molecular weight is 307 g/mol. The molecule has 0 atom stereocenters. The zero-order chi connectivity index (χ0) is 13.7. The Labute approximate surface area is 125 Å². The summed E-state index contributed by atoms with van der Waals surface area (Å²) in [7, 11) is -1.34. The molecule has 0 N–H and O–H groups in total. The molecular formula is C16H22S2Si. The van der Waals surface area contributed by atoms with Gasteiger partial charge in [0.15, 0.2) is 0 Å². The average Bonchev–Trinajstić information content (AvgIpc) is 3.13. The van der Waals surface area contributed by atoms with E-state index >= 15 is 0 Å². The van der Waals surface area contributed by atoms with E-state index in [0.717, 1.165) is 0 Å². The van der Waals surface area contributed by atoms with Crippen molar-refractivity contribution < 1.29 is 0 Å². The molecule has 2 heterocycles. The lowest BCUT2D eigenvalue weighted by Gasteiger charge is -2.31. The smallest absolute Gasteiger partial charge is 0.0867 e. The van der Waals surface area contributed by atoms with Gasteiger partial charge in [-0.1, -0.05) is 50.2 Å². The van der Waals surface area contributed by atoms with Crippen molar-refractivity contribution in [3.63, 3.8) is 0 Å². The van der Waals surface area contributed by atoms with Crippen molar-refractivity contribution in [2.45, 2.75) is 38.9 Å². The van der Waals surface area contributed by atoms with Gasteiger partial charge in [0.1, 0.15) is 0 Å². The standard InChI is InChI=1S/C16H22S2Si/c1-4-19(5-2,6-3)16(15-8-10-18-13-15)11-14-7-9-17-12-14/h7-13H,4-6H2,1-3H3/b16-11+. The summed E-state index contributed by atoms with van der Waals surface area (Å²) in [6.45, 7) is 7.15. The van der Waals surface area contributed by atoms with Crippen LogP contribution < -0.4 is 0 Å². The van der Waals surface area contributed by atoms with Crippen LogP contribution in [-0.4, -0.2) is 8.07 Å². The molecule has 102 valence electrons. The van der Waals surface area contributed by atoms with Crippen molar-refractivity contribution in [2.24, 2.45) is 0 Å². The van der Waals surface area contributed by atoms with Gasteiger partial charge in [-0.05, 0) is 44.8 Å². The molecule has 0 nitrogen and oxygen atoms in total. The Kier molecular flexibility index (Phi) is 5.19. The Morgan fingerprint density at radius 1 is 1.00 bits per heavy atom. The molecule has 2 rings (SSSR count). The first-order chi connectivity index (χ1) is 9.25. The van der Waals surface area contributed by atoms with E-state index in [9.17, 15) is 0 Å². The molecule has 0 aliphatic rings. The van der Waals surface area contributed by atoms with Gasteiger partial charge in [0.2, 0.25) is 0 Å². The minimum atomic E-state index is -1.34. The van der Waals surface area contributed by atoms with Gasteiger partial charge in [0.05, 0.1) is 8.07 Å². The third-order valence-corrected chi connectivity index (χ3v) is 11.3. The van der Waals surface area contributed by atoms with E-state index in [1.54, 1.807) is 16.5 Å². The van der Waals surface area contributed by atoms with Crippen molar-refractivity contribution in [3.05, 3.63) is 44.8 Å². The number of thiophene rings is 2. The predicted molar refractivity (Wildman–Crippen MR) is 93.7 cm³/mol. The maximum Gasteiger partial charge on any atom is 0.0867 e. The molecule has 0 aliphatic heterocycles.